The van der Waals surface area contributed by atoms with Gasteiger partial charge in [0.05, 0.1) is 23.3 Å². The fourth-order valence-corrected chi connectivity index (χ4v) is 3.92. The zero-order chi connectivity index (χ0) is 16.3. The molecule has 0 fully saturated rings. The van der Waals surface area contributed by atoms with Crippen molar-refractivity contribution >= 4 is 43.1 Å². The van der Waals surface area contributed by atoms with Crippen LogP contribution in [0, 0.1) is 22.7 Å². The highest BCUT2D eigenvalue weighted by Gasteiger charge is 2.17. The van der Waals surface area contributed by atoms with Gasteiger partial charge in [-0.1, -0.05) is 48.5 Å². The molecular formula is C22H10N2. The standard InChI is InChI=1S/C22H10N2/c23-11-15-10-8-14-4-2-6-18-20(14)21(15)17-5-1-3-13-7-9-16(12-24)22(18)19(13)17/h1-10H. The number of hydrogen-bond acceptors (Lipinski definition) is 2. The molecular weight excluding hydrogens is 292 g/mol. The van der Waals surface area contributed by atoms with Gasteiger partial charge in [-0.05, 0) is 44.5 Å². The predicted molar refractivity (Wildman–Crippen MR) is 97.1 cm³/mol. The second-order valence-corrected chi connectivity index (χ2v) is 6.01. The van der Waals surface area contributed by atoms with Crippen molar-refractivity contribution in [2.45, 2.75) is 0 Å². The second kappa shape index (κ2) is 4.44. The first-order valence-corrected chi connectivity index (χ1v) is 7.76. The van der Waals surface area contributed by atoms with Crippen molar-refractivity contribution in [3.8, 4) is 12.1 Å². The molecule has 0 saturated carbocycles. The number of nitrogens with zero attached hydrogens (tertiary/aromatic N) is 2. The molecule has 2 nitrogen and oxygen atoms in total. The minimum atomic E-state index is 0.676. The van der Waals surface area contributed by atoms with Gasteiger partial charge >= 0.3 is 0 Å². The maximum atomic E-state index is 9.63. The maximum Gasteiger partial charge on any atom is 0.0998 e. The van der Waals surface area contributed by atoms with Crippen molar-refractivity contribution in [1.82, 2.24) is 0 Å². The van der Waals surface area contributed by atoms with Crippen molar-refractivity contribution in [3.05, 3.63) is 71.8 Å². The summed E-state index contributed by atoms with van der Waals surface area (Å²) in [7, 11) is 0. The van der Waals surface area contributed by atoms with Crippen LogP contribution in [0.4, 0.5) is 0 Å². The first kappa shape index (κ1) is 12.9. The second-order valence-electron chi connectivity index (χ2n) is 6.01. The fraction of sp³-hybridized carbons (Fsp3) is 0. The Labute approximate surface area is 138 Å². The first-order chi connectivity index (χ1) is 11.8. The lowest BCUT2D eigenvalue weighted by molar-refractivity contribution is 1.51. The van der Waals surface area contributed by atoms with E-state index >= 15 is 0 Å². The van der Waals surface area contributed by atoms with Gasteiger partial charge in [-0.2, -0.15) is 10.5 Å². The lowest BCUT2D eigenvalue weighted by Gasteiger charge is -2.15. The van der Waals surface area contributed by atoms with Gasteiger partial charge in [-0.3, -0.25) is 0 Å². The molecule has 0 heterocycles. The van der Waals surface area contributed by atoms with Gasteiger partial charge in [0.2, 0.25) is 0 Å². The lowest BCUT2D eigenvalue weighted by atomic mass is 9.86. The minimum Gasteiger partial charge on any atom is -0.192 e. The summed E-state index contributed by atoms with van der Waals surface area (Å²) in [6.07, 6.45) is 0. The number of nitriles is 2. The Morgan fingerprint density at radius 3 is 1.38 bits per heavy atom. The van der Waals surface area contributed by atoms with E-state index in [1.54, 1.807) is 0 Å². The van der Waals surface area contributed by atoms with Crippen LogP contribution in [0.2, 0.25) is 0 Å². The maximum absolute atomic E-state index is 9.63. The van der Waals surface area contributed by atoms with E-state index in [0.29, 0.717) is 11.1 Å². The molecule has 5 rings (SSSR count). The quantitative estimate of drug-likeness (QED) is 0.281. The number of rotatable bonds is 0. The highest BCUT2D eigenvalue weighted by molar-refractivity contribution is 6.34. The van der Waals surface area contributed by atoms with Gasteiger partial charge in [0.15, 0.2) is 0 Å². The zero-order valence-electron chi connectivity index (χ0n) is 12.7. The molecule has 2 heteroatoms. The molecule has 0 atom stereocenters. The molecule has 0 N–H and O–H groups in total. The third-order valence-electron chi connectivity index (χ3n) is 4.87. The Hall–Kier alpha value is -3.62. The molecule has 0 aliphatic rings. The molecule has 0 aliphatic heterocycles. The molecule has 5 aromatic rings. The van der Waals surface area contributed by atoms with Gasteiger partial charge in [-0.15, -0.1) is 0 Å². The van der Waals surface area contributed by atoms with Gasteiger partial charge in [-0.25, -0.2) is 0 Å². The molecule has 0 unspecified atom stereocenters. The SMILES string of the molecule is N#Cc1ccc2cccc3c4c(C#N)ccc5cccc(c1c23)c54. The zero-order valence-corrected chi connectivity index (χ0v) is 12.7. The normalized spacial score (nSPS) is 11.2. The van der Waals surface area contributed by atoms with Crippen LogP contribution in [0.1, 0.15) is 11.1 Å². The number of benzene rings is 5. The summed E-state index contributed by atoms with van der Waals surface area (Å²) < 4.78 is 0. The fourth-order valence-electron chi connectivity index (χ4n) is 3.92. The molecule has 0 aliphatic carbocycles. The highest BCUT2D eigenvalue weighted by Crippen LogP contribution is 2.42. The Balaban J connectivity index is 2.32. The Kier molecular flexibility index (Phi) is 2.38. The average molecular weight is 302 g/mol. The minimum absolute atomic E-state index is 0.676. The summed E-state index contributed by atoms with van der Waals surface area (Å²) in [5, 5.41) is 27.6. The van der Waals surface area contributed by atoms with Crippen LogP contribution in [0.3, 0.4) is 0 Å². The third kappa shape index (κ3) is 1.43. The first-order valence-electron chi connectivity index (χ1n) is 7.76. The Morgan fingerprint density at radius 1 is 0.500 bits per heavy atom. The molecule has 0 aromatic heterocycles. The number of hydrogen-bond donors (Lipinski definition) is 0. The van der Waals surface area contributed by atoms with Crippen LogP contribution in [0.15, 0.2) is 60.7 Å². The lowest BCUT2D eigenvalue weighted by Crippen LogP contribution is -1.91. The van der Waals surface area contributed by atoms with Crippen LogP contribution in [-0.2, 0) is 0 Å². The summed E-state index contributed by atoms with van der Waals surface area (Å²) in [5.74, 6) is 0. The van der Waals surface area contributed by atoms with Crippen molar-refractivity contribution in [2.24, 2.45) is 0 Å². The van der Waals surface area contributed by atoms with E-state index in [-0.39, 0.29) is 0 Å². The smallest absolute Gasteiger partial charge is 0.0998 e. The highest BCUT2D eigenvalue weighted by atomic mass is 14.3. The summed E-state index contributed by atoms with van der Waals surface area (Å²) >= 11 is 0. The van der Waals surface area contributed by atoms with Crippen molar-refractivity contribution in [3.63, 3.8) is 0 Å². The summed E-state index contributed by atoms with van der Waals surface area (Å²) in [6.45, 7) is 0. The van der Waals surface area contributed by atoms with E-state index in [2.05, 4.69) is 36.4 Å². The van der Waals surface area contributed by atoms with Gasteiger partial charge < -0.3 is 0 Å². The molecule has 0 amide bonds. The Bertz CT molecular complexity index is 1260. The van der Waals surface area contributed by atoms with Crippen molar-refractivity contribution in [2.75, 3.05) is 0 Å². The topological polar surface area (TPSA) is 47.6 Å². The molecule has 0 spiro atoms. The van der Waals surface area contributed by atoms with E-state index in [0.717, 1.165) is 43.1 Å². The molecule has 108 valence electrons. The van der Waals surface area contributed by atoms with Crippen LogP contribution < -0.4 is 0 Å². The monoisotopic (exact) mass is 302 g/mol. The largest absolute Gasteiger partial charge is 0.192 e. The van der Waals surface area contributed by atoms with E-state index < -0.39 is 0 Å². The van der Waals surface area contributed by atoms with Crippen LogP contribution >= 0.6 is 0 Å². The van der Waals surface area contributed by atoms with E-state index in [9.17, 15) is 10.5 Å². The van der Waals surface area contributed by atoms with Gasteiger partial charge in [0.25, 0.3) is 0 Å². The molecule has 0 radical (unpaired) electrons. The summed E-state index contributed by atoms with van der Waals surface area (Å²) in [4.78, 5) is 0. The summed E-state index contributed by atoms with van der Waals surface area (Å²) in [5.41, 5.74) is 1.35. The molecule has 24 heavy (non-hydrogen) atoms. The van der Waals surface area contributed by atoms with E-state index in [1.165, 1.54) is 0 Å². The Morgan fingerprint density at radius 2 is 0.958 bits per heavy atom. The van der Waals surface area contributed by atoms with Gasteiger partial charge in [0.1, 0.15) is 0 Å². The van der Waals surface area contributed by atoms with E-state index in [1.807, 2.05) is 36.4 Å². The van der Waals surface area contributed by atoms with Gasteiger partial charge in [0, 0.05) is 10.8 Å². The molecule has 0 bridgehead atoms. The van der Waals surface area contributed by atoms with Crippen molar-refractivity contribution in [1.29, 1.82) is 10.5 Å². The van der Waals surface area contributed by atoms with Crippen LogP contribution in [0.5, 0.6) is 0 Å². The number of fused-ring (bicyclic) bond motifs is 2. The molecule has 5 aromatic carbocycles. The predicted octanol–water partition coefficient (Wildman–Crippen LogP) is 5.48. The van der Waals surface area contributed by atoms with Crippen molar-refractivity contribution < 1.29 is 0 Å². The summed E-state index contributed by atoms with van der Waals surface area (Å²) in [6, 6.07) is 24.7. The van der Waals surface area contributed by atoms with E-state index in [4.69, 9.17) is 0 Å². The molecule has 0 saturated heterocycles. The average Bonchev–Trinajstić information content (AvgIpc) is 2.65. The third-order valence-corrected chi connectivity index (χ3v) is 4.87. The van der Waals surface area contributed by atoms with Crippen LogP contribution in [-0.4, -0.2) is 0 Å². The van der Waals surface area contributed by atoms with Crippen LogP contribution in [0.25, 0.3) is 43.1 Å².